The third kappa shape index (κ3) is 21.2. The van der Waals surface area contributed by atoms with Crippen molar-refractivity contribution < 1.29 is 82.3 Å². The Morgan fingerprint density at radius 1 is 0.355 bits per heavy atom. The van der Waals surface area contributed by atoms with Crippen molar-refractivity contribution in [2.75, 3.05) is 13.2 Å². The summed E-state index contributed by atoms with van der Waals surface area (Å²) in [5.74, 6) is -11.2. The molecule has 0 bridgehead atoms. The molecule has 2 aliphatic carbocycles. The van der Waals surface area contributed by atoms with Crippen molar-refractivity contribution in [3.05, 3.63) is 251 Å². The smallest absolute Gasteiger partial charge is 0.407 e. The number of hydrogen-bond acceptors (Lipinski definition) is 15. The standard InChI is InChI=1S/C83H86N10O17/c1-47(74(84)99)86-78(103)67(41-49-19-5-3-6-20-49)90-81(106)70(92-83(108)110-46-64-61-33-15-11-29-57(61)58-30-12-16-34-62(58)64)44-52-24-18-26-54(40-52)53-25-17-23-51(39-53)43-69(91-82(107)109-45-63-59-31-13-9-27-55(59)56-28-10-14-32-60(56)63)80(105)87-65(35-37-71(95)96)76(101)89-68(42-50-21-7-4-8-22-50)79(104)88-66(36-38-72(97)98)77(102)93-73(48(2)94)75(85)100/h3-34,39-40,47-48,63-70,73,94H,35-38,41-46H2,1-2H3,(H2,84,99)(H2,85,100)(H,86,103)(H,87,105)(H,88,104)(H,89,101)(H,90,106)(H,91,107)(H,92,108)(H,93,102)(H,95,96)(H,97,98). The van der Waals surface area contributed by atoms with Crippen LogP contribution in [-0.2, 0) is 83.1 Å². The second-order valence-corrected chi connectivity index (χ2v) is 27.1. The molecule has 0 saturated carbocycles. The number of rotatable bonds is 36. The molecule has 2 aliphatic rings. The minimum absolute atomic E-state index is 0.0194. The summed E-state index contributed by atoms with van der Waals surface area (Å²) in [6.07, 6.45) is -6.75. The minimum Gasteiger partial charge on any atom is -0.481 e. The number of alkyl carbamates (subject to hydrolysis) is 2. The Kier molecular flexibility index (Phi) is 27.1. The highest BCUT2D eigenvalue weighted by Gasteiger charge is 2.37. The van der Waals surface area contributed by atoms with Gasteiger partial charge in [-0.3, -0.25) is 47.9 Å². The molecule has 9 unspecified atom stereocenters. The molecule has 110 heavy (non-hydrogen) atoms. The van der Waals surface area contributed by atoms with Crippen LogP contribution in [0.15, 0.2) is 206 Å². The van der Waals surface area contributed by atoms with E-state index in [2.05, 4.69) is 42.5 Å². The van der Waals surface area contributed by atoms with Gasteiger partial charge in [0.05, 0.1) is 6.10 Å². The first-order valence-corrected chi connectivity index (χ1v) is 35.9. The summed E-state index contributed by atoms with van der Waals surface area (Å²) >= 11 is 0. The van der Waals surface area contributed by atoms with Gasteiger partial charge in [0.15, 0.2) is 0 Å². The number of carbonyl (C=O) groups excluding carboxylic acids is 10. The highest BCUT2D eigenvalue weighted by atomic mass is 16.6. The second kappa shape index (κ2) is 37.5. The van der Waals surface area contributed by atoms with E-state index in [4.69, 9.17) is 20.9 Å². The molecule has 0 aromatic heterocycles. The van der Waals surface area contributed by atoms with Crippen molar-refractivity contribution >= 4 is 71.4 Å². The van der Waals surface area contributed by atoms with Crippen molar-refractivity contribution in [2.24, 2.45) is 11.5 Å². The Morgan fingerprint density at radius 3 is 1.00 bits per heavy atom. The van der Waals surface area contributed by atoms with Gasteiger partial charge in [-0.05, 0) is 105 Å². The molecule has 0 radical (unpaired) electrons. The monoisotopic (exact) mass is 1490 g/mol. The number of ether oxygens (including phenoxy) is 2. The molecule has 8 aromatic rings. The number of carbonyl (C=O) groups is 12. The summed E-state index contributed by atoms with van der Waals surface area (Å²) in [6, 6.07) is 49.6. The quantitative estimate of drug-likeness (QED) is 0.0222. The topological polar surface area (TPSA) is 432 Å². The molecule has 0 saturated heterocycles. The highest BCUT2D eigenvalue weighted by Crippen LogP contribution is 2.46. The molecule has 27 heteroatoms. The van der Waals surface area contributed by atoms with Crippen LogP contribution < -0.4 is 54.0 Å². The molecule has 9 atom stereocenters. The zero-order chi connectivity index (χ0) is 78.5. The number of hydrogen-bond donors (Lipinski definition) is 13. The van der Waals surface area contributed by atoms with Gasteiger partial charge in [0.2, 0.25) is 47.3 Å². The van der Waals surface area contributed by atoms with E-state index >= 15 is 4.79 Å². The van der Waals surface area contributed by atoms with Gasteiger partial charge in [-0.25, -0.2) is 9.59 Å². The lowest BCUT2D eigenvalue weighted by atomic mass is 9.96. The average molecular weight is 1500 g/mol. The Bertz CT molecular complexity index is 4620. The summed E-state index contributed by atoms with van der Waals surface area (Å²) in [5.41, 5.74) is 21.7. The van der Waals surface area contributed by atoms with Gasteiger partial charge < -0.3 is 78.8 Å². The number of carboxylic acid groups (broad SMARTS) is 2. The van der Waals surface area contributed by atoms with Crippen molar-refractivity contribution in [1.29, 1.82) is 0 Å². The van der Waals surface area contributed by atoms with Gasteiger partial charge in [0, 0.05) is 50.4 Å². The lowest BCUT2D eigenvalue weighted by Crippen LogP contribution is -2.60. The van der Waals surface area contributed by atoms with E-state index < -0.39 is 157 Å². The number of aliphatic hydroxyl groups excluding tert-OH is 1. The van der Waals surface area contributed by atoms with E-state index in [0.29, 0.717) is 33.4 Å². The van der Waals surface area contributed by atoms with Crippen LogP contribution in [0.2, 0.25) is 0 Å². The van der Waals surface area contributed by atoms with Crippen LogP contribution in [0.5, 0.6) is 0 Å². The summed E-state index contributed by atoms with van der Waals surface area (Å²) in [4.78, 5) is 164. The number of nitrogens with two attached hydrogens (primary N) is 2. The van der Waals surface area contributed by atoms with Crippen LogP contribution in [0.1, 0.15) is 95.9 Å². The van der Waals surface area contributed by atoms with Crippen molar-refractivity contribution in [3.8, 4) is 33.4 Å². The predicted molar refractivity (Wildman–Crippen MR) is 405 cm³/mol. The van der Waals surface area contributed by atoms with Crippen LogP contribution in [0.25, 0.3) is 33.4 Å². The molecule has 10 amide bonds. The molecule has 570 valence electrons. The normalized spacial score (nSPS) is 14.3. The van der Waals surface area contributed by atoms with Gasteiger partial charge in [0.25, 0.3) is 0 Å². The number of carboxylic acids is 2. The van der Waals surface area contributed by atoms with Gasteiger partial charge in [-0.2, -0.15) is 0 Å². The lowest BCUT2D eigenvalue weighted by molar-refractivity contribution is -0.139. The van der Waals surface area contributed by atoms with Crippen LogP contribution in [0.4, 0.5) is 9.59 Å². The first-order valence-electron chi connectivity index (χ1n) is 35.9. The van der Waals surface area contributed by atoms with Gasteiger partial charge in [0.1, 0.15) is 61.5 Å². The maximum atomic E-state index is 15.1. The van der Waals surface area contributed by atoms with E-state index in [1.807, 2.05) is 97.1 Å². The first kappa shape index (κ1) is 79.5. The van der Waals surface area contributed by atoms with Crippen molar-refractivity contribution in [1.82, 2.24) is 42.5 Å². The maximum Gasteiger partial charge on any atom is 0.407 e. The molecular weight excluding hydrogens is 1410 g/mol. The number of aliphatic carboxylic acids is 2. The fourth-order valence-corrected chi connectivity index (χ4v) is 13.6. The predicted octanol–water partition coefficient (Wildman–Crippen LogP) is 5.75. The van der Waals surface area contributed by atoms with Crippen LogP contribution >= 0.6 is 0 Å². The van der Waals surface area contributed by atoms with E-state index in [1.165, 1.54) is 13.8 Å². The highest BCUT2D eigenvalue weighted by molar-refractivity contribution is 5.98. The fraction of sp³-hybridized carbons (Fsp3) is 0.277. The summed E-state index contributed by atoms with van der Waals surface area (Å²) in [7, 11) is 0. The molecule has 15 N–H and O–H groups in total. The molecule has 0 heterocycles. The number of benzene rings is 8. The number of primary amides is 2. The van der Waals surface area contributed by atoms with E-state index in [-0.39, 0.29) is 44.8 Å². The Hall–Kier alpha value is -13.0. The summed E-state index contributed by atoms with van der Waals surface area (Å²) < 4.78 is 11.9. The maximum absolute atomic E-state index is 15.1. The number of fused-ring (bicyclic) bond motifs is 6. The number of nitrogens with one attached hydrogen (secondary N) is 8. The average Bonchev–Trinajstić information content (AvgIpc) is 1.62. The minimum atomic E-state index is -1.75. The molecule has 8 aromatic carbocycles. The summed E-state index contributed by atoms with van der Waals surface area (Å²) in [6.45, 7) is 2.30. The second-order valence-electron chi connectivity index (χ2n) is 27.1. The number of aliphatic hydroxyl groups is 1. The van der Waals surface area contributed by atoms with Gasteiger partial charge >= 0.3 is 24.1 Å². The fourth-order valence-electron chi connectivity index (χ4n) is 13.6. The first-order chi connectivity index (χ1) is 52.9. The van der Waals surface area contributed by atoms with E-state index in [1.54, 1.807) is 109 Å². The number of amides is 10. The third-order valence-electron chi connectivity index (χ3n) is 19.2. The molecule has 0 fully saturated rings. The van der Waals surface area contributed by atoms with Crippen LogP contribution in [-0.4, -0.2) is 154 Å². The van der Waals surface area contributed by atoms with E-state index in [0.717, 1.165) is 44.5 Å². The zero-order valence-electron chi connectivity index (χ0n) is 60.3. The Morgan fingerprint density at radius 2 is 0.655 bits per heavy atom. The Balaban J connectivity index is 0.928. The largest absolute Gasteiger partial charge is 0.481 e. The zero-order valence-corrected chi connectivity index (χ0v) is 60.3. The van der Waals surface area contributed by atoms with Crippen LogP contribution in [0.3, 0.4) is 0 Å². The van der Waals surface area contributed by atoms with Crippen molar-refractivity contribution in [2.45, 2.75) is 131 Å². The van der Waals surface area contributed by atoms with E-state index in [9.17, 15) is 68.1 Å². The van der Waals surface area contributed by atoms with Gasteiger partial charge in [-0.1, -0.05) is 206 Å². The van der Waals surface area contributed by atoms with Crippen LogP contribution in [0, 0.1) is 0 Å². The van der Waals surface area contributed by atoms with Gasteiger partial charge in [-0.15, -0.1) is 0 Å². The molecular formula is C83H86N10O17. The Labute approximate surface area is 633 Å². The summed E-state index contributed by atoms with van der Waals surface area (Å²) in [5, 5.41) is 50.5. The lowest BCUT2D eigenvalue weighted by Gasteiger charge is -2.27. The molecule has 27 nitrogen and oxygen atoms in total. The molecule has 0 aliphatic heterocycles. The van der Waals surface area contributed by atoms with Crippen molar-refractivity contribution in [3.63, 3.8) is 0 Å². The third-order valence-corrected chi connectivity index (χ3v) is 19.2. The SMILES string of the molecule is CC(NC(=O)C(Cc1ccccc1)NC(=O)C(Cc1cccc(-c2cccc(CC(NC(=O)OCC3c4ccccc4-c4ccccc43)C(=O)NC(CCC(=O)O)C(=O)NC(Cc3ccccc3)C(=O)NC(CCC(=O)O)C(=O)NC(C(N)=O)C(C)O)c2)c1)NC(=O)OCC1c2ccccc2-c2ccccc21)C(N)=O. The molecule has 10 rings (SSSR count). The molecule has 0 spiro atoms.